The number of aliphatic hydroxyl groups excluding tert-OH is 1. The molecule has 4 fully saturated rings. The number of rotatable bonds is 4. The van der Waals surface area contributed by atoms with Crippen molar-refractivity contribution in [3.8, 4) is 0 Å². The summed E-state index contributed by atoms with van der Waals surface area (Å²) in [6.45, 7) is 8.98. The van der Waals surface area contributed by atoms with Crippen LogP contribution in [-0.2, 0) is 18.9 Å². The van der Waals surface area contributed by atoms with Crippen LogP contribution in [0.15, 0.2) is 11.8 Å². The minimum Gasteiger partial charge on any atom is -0.386 e. The van der Waals surface area contributed by atoms with E-state index in [1.165, 1.54) is 6.42 Å². The Morgan fingerprint density at radius 3 is 2.39 bits per heavy atom. The topological polar surface area (TPSA) is 57.2 Å². The maximum Gasteiger partial charge on any atom is 0.169 e. The molecule has 0 aromatic rings. The van der Waals surface area contributed by atoms with Crippen molar-refractivity contribution in [3.05, 3.63) is 11.8 Å². The first-order valence-corrected chi connectivity index (χ1v) is 14.9. The quantitative estimate of drug-likeness (QED) is 0.711. The van der Waals surface area contributed by atoms with Gasteiger partial charge >= 0.3 is 0 Å². The summed E-state index contributed by atoms with van der Waals surface area (Å²) in [7, 11) is -1.40. The number of fused-ring (bicyclic) bond motifs is 3. The van der Waals surface area contributed by atoms with Crippen molar-refractivity contribution in [1.82, 2.24) is 0 Å². The maximum absolute atomic E-state index is 11.0. The molecule has 1 aliphatic carbocycles. The highest BCUT2D eigenvalue weighted by Gasteiger charge is 2.60. The molecule has 3 heterocycles. The summed E-state index contributed by atoms with van der Waals surface area (Å²) in [5.41, 5.74) is 2.19. The highest BCUT2D eigenvalue weighted by Crippen LogP contribution is 2.47. The van der Waals surface area contributed by atoms with Crippen molar-refractivity contribution >= 4 is 8.07 Å². The summed E-state index contributed by atoms with van der Waals surface area (Å²) in [5.74, 6) is -0.505. The molecular formula is C22H38O5Si. The predicted molar refractivity (Wildman–Crippen MR) is 111 cm³/mol. The molecule has 0 aromatic heterocycles. The third-order valence-electron chi connectivity index (χ3n) is 6.69. The van der Waals surface area contributed by atoms with Gasteiger partial charge in [-0.2, -0.15) is 0 Å². The van der Waals surface area contributed by atoms with Gasteiger partial charge in [-0.15, -0.1) is 0 Å². The molecule has 4 rings (SSSR count). The standard InChI is InChI=1S/C22H38O5Si/c1-5-15-9-10-17-19(24-15)21-20(26-22(27-21)12-7-6-8-13-22)18(25-17)16(23)11-14-28(2,3)4/h11,14-21,23H,5-10,12-13H2,1-4H3/b14-11+/t15-,16?,17-,18-,19-,20?,21-/m0/s1. The summed E-state index contributed by atoms with van der Waals surface area (Å²) in [5, 5.41) is 11.0. The minimum absolute atomic E-state index is 0.0219. The molecule has 1 spiro atoms. The first-order chi connectivity index (χ1) is 13.3. The van der Waals surface area contributed by atoms with E-state index in [2.05, 4.69) is 32.3 Å². The van der Waals surface area contributed by atoms with Crippen LogP contribution in [0.2, 0.25) is 19.6 Å². The third kappa shape index (κ3) is 4.28. The Morgan fingerprint density at radius 2 is 1.71 bits per heavy atom. The molecule has 1 saturated carbocycles. The summed E-state index contributed by atoms with van der Waals surface area (Å²) in [6.07, 6.45) is 8.97. The molecule has 4 aliphatic rings. The van der Waals surface area contributed by atoms with Gasteiger partial charge < -0.3 is 24.1 Å². The van der Waals surface area contributed by atoms with Gasteiger partial charge in [0.2, 0.25) is 0 Å². The van der Waals surface area contributed by atoms with Crippen molar-refractivity contribution in [3.63, 3.8) is 0 Å². The zero-order chi connectivity index (χ0) is 19.9. The van der Waals surface area contributed by atoms with Gasteiger partial charge in [-0.05, 0) is 32.1 Å². The molecule has 3 saturated heterocycles. The molecule has 2 unspecified atom stereocenters. The Balaban J connectivity index is 1.57. The first-order valence-electron chi connectivity index (χ1n) is 11.3. The van der Waals surface area contributed by atoms with E-state index in [9.17, 15) is 5.11 Å². The molecule has 5 nitrogen and oxygen atoms in total. The van der Waals surface area contributed by atoms with Crippen LogP contribution in [0.3, 0.4) is 0 Å². The van der Waals surface area contributed by atoms with Gasteiger partial charge in [-0.3, -0.25) is 0 Å². The number of aliphatic hydroxyl groups is 1. The first kappa shape index (κ1) is 21.0. The fourth-order valence-corrected chi connectivity index (χ4v) is 5.94. The number of ether oxygens (including phenoxy) is 4. The van der Waals surface area contributed by atoms with Gasteiger partial charge in [0.05, 0.1) is 20.3 Å². The van der Waals surface area contributed by atoms with Gasteiger partial charge in [-0.25, -0.2) is 0 Å². The van der Waals surface area contributed by atoms with Crippen molar-refractivity contribution in [2.24, 2.45) is 0 Å². The number of hydrogen-bond donors (Lipinski definition) is 1. The van der Waals surface area contributed by atoms with Crippen LogP contribution in [0.4, 0.5) is 0 Å². The lowest BCUT2D eigenvalue weighted by Crippen LogP contribution is -2.62. The highest BCUT2D eigenvalue weighted by molar-refractivity contribution is 6.80. The zero-order valence-electron chi connectivity index (χ0n) is 17.9. The van der Waals surface area contributed by atoms with Gasteiger partial charge in [-0.1, -0.05) is 44.8 Å². The summed E-state index contributed by atoms with van der Waals surface area (Å²) < 4.78 is 26.0. The van der Waals surface area contributed by atoms with Gasteiger partial charge in [0.25, 0.3) is 0 Å². The molecule has 0 amide bonds. The zero-order valence-corrected chi connectivity index (χ0v) is 18.9. The van der Waals surface area contributed by atoms with Crippen LogP contribution >= 0.6 is 0 Å². The van der Waals surface area contributed by atoms with Crippen LogP contribution in [0.25, 0.3) is 0 Å². The minimum atomic E-state index is -1.40. The monoisotopic (exact) mass is 410 g/mol. The molecule has 0 aromatic carbocycles. The largest absolute Gasteiger partial charge is 0.386 e. The normalized spacial score (nSPS) is 41.8. The Labute approximate surface area is 170 Å². The van der Waals surface area contributed by atoms with Crippen LogP contribution in [0, 0.1) is 0 Å². The van der Waals surface area contributed by atoms with Crippen LogP contribution in [0.5, 0.6) is 0 Å². The third-order valence-corrected chi connectivity index (χ3v) is 7.89. The molecule has 3 aliphatic heterocycles. The van der Waals surface area contributed by atoms with Crippen LogP contribution in [0.1, 0.15) is 58.3 Å². The van der Waals surface area contributed by atoms with E-state index < -0.39 is 20.0 Å². The summed E-state index contributed by atoms with van der Waals surface area (Å²) in [4.78, 5) is 0. The summed E-state index contributed by atoms with van der Waals surface area (Å²) in [6, 6.07) is 0. The molecule has 7 atom stereocenters. The Hall–Kier alpha value is -0.243. The lowest BCUT2D eigenvalue weighted by atomic mass is 9.87. The van der Waals surface area contributed by atoms with E-state index in [-0.39, 0.29) is 36.6 Å². The smallest absolute Gasteiger partial charge is 0.169 e. The van der Waals surface area contributed by atoms with E-state index >= 15 is 0 Å². The van der Waals surface area contributed by atoms with Gasteiger partial charge in [0.1, 0.15) is 30.5 Å². The van der Waals surface area contributed by atoms with Crippen LogP contribution in [-0.4, -0.2) is 61.7 Å². The lowest BCUT2D eigenvalue weighted by molar-refractivity contribution is -0.249. The second-order valence-electron chi connectivity index (χ2n) is 10.2. The SMILES string of the molecule is CC[C@H]1CC[C@@H]2O[C@@H](C(O)/C=C/[Si](C)(C)C)C3OC4(CCCCC4)O[C@H]3[C@H]2O1. The van der Waals surface area contributed by atoms with E-state index in [4.69, 9.17) is 18.9 Å². The van der Waals surface area contributed by atoms with E-state index in [1.807, 2.05) is 6.08 Å². The van der Waals surface area contributed by atoms with Crippen molar-refractivity contribution in [1.29, 1.82) is 0 Å². The summed E-state index contributed by atoms with van der Waals surface area (Å²) >= 11 is 0. The Bertz CT molecular complexity index is 568. The average molecular weight is 411 g/mol. The van der Waals surface area contributed by atoms with E-state index in [0.29, 0.717) is 0 Å². The molecular weight excluding hydrogens is 372 g/mol. The fourth-order valence-electron chi connectivity index (χ4n) is 5.17. The molecule has 6 heteroatoms. The Morgan fingerprint density at radius 1 is 1.00 bits per heavy atom. The number of hydrogen-bond acceptors (Lipinski definition) is 5. The van der Waals surface area contributed by atoms with Gasteiger partial charge in [0, 0.05) is 12.8 Å². The molecule has 28 heavy (non-hydrogen) atoms. The second kappa shape index (κ2) is 8.12. The highest BCUT2D eigenvalue weighted by atomic mass is 28.3. The molecule has 1 N–H and O–H groups in total. The Kier molecular flexibility index (Phi) is 6.09. The van der Waals surface area contributed by atoms with Crippen LogP contribution < -0.4 is 0 Å². The van der Waals surface area contributed by atoms with Crippen molar-refractivity contribution < 1.29 is 24.1 Å². The lowest BCUT2D eigenvalue weighted by Gasteiger charge is -2.47. The van der Waals surface area contributed by atoms with E-state index in [0.717, 1.165) is 44.9 Å². The fraction of sp³-hybridized carbons (Fsp3) is 0.909. The van der Waals surface area contributed by atoms with Crippen molar-refractivity contribution in [2.45, 2.75) is 126 Å². The molecule has 0 bridgehead atoms. The van der Waals surface area contributed by atoms with Gasteiger partial charge in [0.15, 0.2) is 5.79 Å². The molecule has 0 radical (unpaired) electrons. The van der Waals surface area contributed by atoms with Crippen molar-refractivity contribution in [2.75, 3.05) is 0 Å². The predicted octanol–water partition coefficient (Wildman–Crippen LogP) is 3.95. The van der Waals surface area contributed by atoms with E-state index in [1.54, 1.807) is 0 Å². The second-order valence-corrected chi connectivity index (χ2v) is 15.3. The maximum atomic E-state index is 11.0. The average Bonchev–Trinajstić information content (AvgIpc) is 3.03. The molecule has 160 valence electrons.